The van der Waals surface area contributed by atoms with Gasteiger partial charge in [0.25, 0.3) is 5.56 Å². The zero-order valence-electron chi connectivity index (χ0n) is 18.2. The van der Waals surface area contributed by atoms with Crippen LogP contribution in [0.4, 0.5) is 0 Å². The lowest BCUT2D eigenvalue weighted by Gasteiger charge is -2.27. The molecule has 0 spiro atoms. The van der Waals surface area contributed by atoms with E-state index in [-0.39, 0.29) is 16.8 Å². The molecule has 4 rings (SSSR count). The van der Waals surface area contributed by atoms with Crippen molar-refractivity contribution in [2.24, 2.45) is 7.05 Å². The third kappa shape index (κ3) is 3.72. The zero-order chi connectivity index (χ0) is 22.4. The van der Waals surface area contributed by atoms with E-state index in [0.29, 0.717) is 10.9 Å². The molecule has 2 aromatic carbocycles. The average Bonchev–Trinajstić information content (AvgIpc) is 3.18. The lowest BCUT2D eigenvalue weighted by molar-refractivity contribution is 0.587. The summed E-state index contributed by atoms with van der Waals surface area (Å²) in [6, 6.07) is 19.0. The van der Waals surface area contributed by atoms with Crippen LogP contribution in [0, 0.1) is 6.92 Å². The average molecular weight is 435 g/mol. The molecule has 0 fully saturated rings. The van der Waals surface area contributed by atoms with Crippen LogP contribution in [0.1, 0.15) is 36.1 Å². The van der Waals surface area contributed by atoms with Crippen LogP contribution in [-0.2, 0) is 28.2 Å². The van der Waals surface area contributed by atoms with Crippen LogP contribution in [0.25, 0.3) is 10.9 Å². The Bertz CT molecular complexity index is 1410. The third-order valence-electron chi connectivity index (χ3n) is 5.93. The predicted molar refractivity (Wildman–Crippen MR) is 125 cm³/mol. The first-order chi connectivity index (χ1) is 14.6. The SMILES string of the molecule is Cc1ccc(C(C)(C)c2cn(C)c(=O)c3c2ccn3S(=O)(=O)Cc2ccccc2)cc1. The van der Waals surface area contributed by atoms with Crippen LogP contribution in [0.15, 0.2) is 77.9 Å². The summed E-state index contributed by atoms with van der Waals surface area (Å²) in [6.45, 7) is 6.22. The van der Waals surface area contributed by atoms with Crippen molar-refractivity contribution < 1.29 is 8.42 Å². The molecule has 0 bridgehead atoms. The first kappa shape index (κ1) is 21.1. The molecule has 0 radical (unpaired) electrons. The summed E-state index contributed by atoms with van der Waals surface area (Å²) < 4.78 is 29.1. The van der Waals surface area contributed by atoms with Gasteiger partial charge in [-0.2, -0.15) is 0 Å². The minimum atomic E-state index is -3.77. The van der Waals surface area contributed by atoms with Crippen LogP contribution < -0.4 is 5.56 Å². The maximum atomic E-state index is 13.2. The minimum absolute atomic E-state index is 0.174. The number of nitrogens with zero attached hydrogens (tertiary/aromatic N) is 2. The largest absolute Gasteiger partial charge is 0.316 e. The highest BCUT2D eigenvalue weighted by atomic mass is 32.2. The number of benzene rings is 2. The molecule has 6 heteroatoms. The van der Waals surface area contributed by atoms with Gasteiger partial charge in [-0.05, 0) is 29.7 Å². The Kier molecular flexibility index (Phi) is 5.13. The Labute approximate surface area is 182 Å². The minimum Gasteiger partial charge on any atom is -0.316 e. The molecule has 31 heavy (non-hydrogen) atoms. The van der Waals surface area contributed by atoms with Gasteiger partial charge >= 0.3 is 0 Å². The fourth-order valence-corrected chi connectivity index (χ4v) is 5.49. The van der Waals surface area contributed by atoms with E-state index >= 15 is 0 Å². The highest BCUT2D eigenvalue weighted by Crippen LogP contribution is 2.36. The summed E-state index contributed by atoms with van der Waals surface area (Å²) in [4.78, 5) is 13.0. The maximum absolute atomic E-state index is 13.2. The Morgan fingerprint density at radius 2 is 1.58 bits per heavy atom. The second-order valence-electron chi connectivity index (χ2n) is 8.57. The van der Waals surface area contributed by atoms with Crippen molar-refractivity contribution in [1.82, 2.24) is 8.54 Å². The number of fused-ring (bicyclic) bond motifs is 1. The molecule has 0 atom stereocenters. The zero-order valence-corrected chi connectivity index (χ0v) is 19.0. The number of aromatic nitrogens is 2. The van der Waals surface area contributed by atoms with Crippen molar-refractivity contribution in [2.45, 2.75) is 31.9 Å². The summed E-state index contributed by atoms with van der Waals surface area (Å²) in [5.74, 6) is -0.174. The number of pyridine rings is 1. The molecule has 0 unspecified atom stereocenters. The molecule has 160 valence electrons. The van der Waals surface area contributed by atoms with Gasteiger partial charge in [0.05, 0.1) is 5.75 Å². The van der Waals surface area contributed by atoms with Crippen LogP contribution >= 0.6 is 0 Å². The number of aryl methyl sites for hydroxylation is 2. The van der Waals surface area contributed by atoms with Gasteiger partial charge in [0.15, 0.2) is 0 Å². The fraction of sp³-hybridized carbons (Fsp3) is 0.240. The Morgan fingerprint density at radius 1 is 0.935 bits per heavy atom. The molecule has 2 aromatic heterocycles. The van der Waals surface area contributed by atoms with Gasteiger partial charge in [-0.3, -0.25) is 4.79 Å². The molecule has 0 aliphatic rings. The van der Waals surface area contributed by atoms with Crippen LogP contribution in [0.2, 0.25) is 0 Å². The first-order valence-electron chi connectivity index (χ1n) is 10.2. The van der Waals surface area contributed by atoms with Crippen molar-refractivity contribution in [3.63, 3.8) is 0 Å². The molecule has 2 heterocycles. The van der Waals surface area contributed by atoms with E-state index in [1.807, 2.05) is 19.2 Å². The number of hydrogen-bond donors (Lipinski definition) is 0. The maximum Gasteiger partial charge on any atom is 0.275 e. The molecule has 0 amide bonds. The third-order valence-corrected chi connectivity index (χ3v) is 7.53. The van der Waals surface area contributed by atoms with Gasteiger partial charge in [0.1, 0.15) is 5.52 Å². The van der Waals surface area contributed by atoms with E-state index in [4.69, 9.17) is 0 Å². The molecule has 0 aliphatic carbocycles. The lowest BCUT2D eigenvalue weighted by Crippen LogP contribution is -2.27. The quantitative estimate of drug-likeness (QED) is 0.469. The van der Waals surface area contributed by atoms with Crippen molar-refractivity contribution in [1.29, 1.82) is 0 Å². The summed E-state index contributed by atoms with van der Waals surface area (Å²) in [6.07, 6.45) is 3.32. The van der Waals surface area contributed by atoms with Gasteiger partial charge in [0.2, 0.25) is 10.0 Å². The van der Waals surface area contributed by atoms with Gasteiger partial charge in [0, 0.05) is 30.2 Å². The van der Waals surface area contributed by atoms with Crippen LogP contribution in [-0.4, -0.2) is 17.0 Å². The van der Waals surface area contributed by atoms with Crippen molar-refractivity contribution in [3.05, 3.63) is 106 Å². The number of hydrogen-bond acceptors (Lipinski definition) is 3. The summed E-state index contributed by atoms with van der Waals surface area (Å²) in [7, 11) is -2.10. The van der Waals surface area contributed by atoms with E-state index in [1.54, 1.807) is 37.4 Å². The topological polar surface area (TPSA) is 61.1 Å². The fourth-order valence-electron chi connectivity index (χ4n) is 4.04. The Morgan fingerprint density at radius 3 is 2.23 bits per heavy atom. The van der Waals surface area contributed by atoms with Gasteiger partial charge < -0.3 is 4.57 Å². The van der Waals surface area contributed by atoms with Crippen molar-refractivity contribution in [3.8, 4) is 0 Å². The monoisotopic (exact) mass is 434 g/mol. The van der Waals surface area contributed by atoms with Gasteiger partial charge in [-0.15, -0.1) is 0 Å². The molecule has 4 aromatic rings. The standard InChI is InChI=1S/C25H26N2O3S/c1-18-10-12-20(13-11-18)25(2,3)22-16-26(4)24(28)23-21(22)14-15-27(23)31(29,30)17-19-8-6-5-7-9-19/h5-16H,17H2,1-4H3. The Hall–Kier alpha value is -3.12. The van der Waals surface area contributed by atoms with E-state index in [2.05, 4.69) is 38.1 Å². The highest BCUT2D eigenvalue weighted by molar-refractivity contribution is 7.89. The normalized spacial score (nSPS) is 12.4. The predicted octanol–water partition coefficient (Wildman–Crippen LogP) is 4.35. The molecule has 0 saturated carbocycles. The van der Waals surface area contributed by atoms with Gasteiger partial charge in [-0.25, -0.2) is 12.4 Å². The van der Waals surface area contributed by atoms with E-state index < -0.39 is 15.4 Å². The molecule has 0 N–H and O–H groups in total. The highest BCUT2D eigenvalue weighted by Gasteiger charge is 2.29. The molecule has 0 saturated heterocycles. The van der Waals surface area contributed by atoms with E-state index in [0.717, 1.165) is 15.1 Å². The van der Waals surface area contributed by atoms with Gasteiger partial charge in [-0.1, -0.05) is 74.0 Å². The van der Waals surface area contributed by atoms with Crippen LogP contribution in [0.3, 0.4) is 0 Å². The lowest BCUT2D eigenvalue weighted by atomic mass is 9.77. The molecular formula is C25H26N2O3S. The second kappa shape index (κ2) is 7.54. The number of rotatable bonds is 5. The van der Waals surface area contributed by atoms with E-state index in [9.17, 15) is 13.2 Å². The van der Waals surface area contributed by atoms with E-state index in [1.165, 1.54) is 16.3 Å². The summed E-state index contributed by atoms with van der Waals surface area (Å²) >= 11 is 0. The summed E-state index contributed by atoms with van der Waals surface area (Å²) in [5, 5.41) is 0.658. The van der Waals surface area contributed by atoms with Crippen molar-refractivity contribution in [2.75, 3.05) is 0 Å². The summed E-state index contributed by atoms with van der Waals surface area (Å²) in [5.41, 5.74) is 3.28. The molecule has 5 nitrogen and oxygen atoms in total. The molecular weight excluding hydrogens is 408 g/mol. The van der Waals surface area contributed by atoms with Crippen LogP contribution in [0.5, 0.6) is 0 Å². The second-order valence-corrected chi connectivity index (χ2v) is 10.4. The Balaban J connectivity index is 1.92. The molecule has 0 aliphatic heterocycles. The first-order valence-corrected chi connectivity index (χ1v) is 11.8. The van der Waals surface area contributed by atoms with Crippen molar-refractivity contribution >= 4 is 20.9 Å². The smallest absolute Gasteiger partial charge is 0.275 e.